The van der Waals surface area contributed by atoms with Gasteiger partial charge in [0.05, 0.1) is 40.3 Å². The van der Waals surface area contributed by atoms with Crippen LogP contribution in [-0.4, -0.2) is 47.6 Å². The predicted molar refractivity (Wildman–Crippen MR) is 140 cm³/mol. The summed E-state index contributed by atoms with van der Waals surface area (Å²) in [6.45, 7) is 7.06. The van der Waals surface area contributed by atoms with Gasteiger partial charge in [0, 0.05) is 24.8 Å². The lowest BCUT2D eigenvalue weighted by Crippen LogP contribution is -2.31. The number of hydrogen-bond acceptors (Lipinski definition) is 7. The second-order valence-electron chi connectivity index (χ2n) is 9.93. The number of rotatable bonds is 6. The van der Waals surface area contributed by atoms with E-state index in [4.69, 9.17) is 28.0 Å². The number of fused-ring (bicyclic) bond motifs is 1. The summed E-state index contributed by atoms with van der Waals surface area (Å²) in [5.74, 6) is 2.75. The largest absolute Gasteiger partial charge is 0.480 e. The van der Waals surface area contributed by atoms with Crippen LogP contribution in [0.25, 0.3) is 16.8 Å². The SMILES string of the molecule is C#CC(C)(C)C(Oc1cc(-c2nnn(C3CCN(C#N)CC3)c2C)cn2ncc(Cl)c12)c1ccc(F)cn1. The zero-order valence-corrected chi connectivity index (χ0v) is 22.0. The van der Waals surface area contributed by atoms with Crippen molar-refractivity contribution in [1.82, 2.24) is 34.5 Å². The maximum atomic E-state index is 13.6. The molecular weight excluding hydrogens is 507 g/mol. The summed E-state index contributed by atoms with van der Waals surface area (Å²) in [5, 5.41) is 22.9. The van der Waals surface area contributed by atoms with Crippen molar-refractivity contribution >= 4 is 17.1 Å². The number of piperidine rings is 1. The van der Waals surface area contributed by atoms with Gasteiger partial charge in [0.2, 0.25) is 0 Å². The van der Waals surface area contributed by atoms with E-state index in [2.05, 4.69) is 32.5 Å². The molecule has 0 aromatic carbocycles. The Balaban J connectivity index is 1.56. The molecule has 0 saturated carbocycles. The molecule has 0 aliphatic carbocycles. The molecule has 1 aliphatic rings. The highest BCUT2D eigenvalue weighted by atomic mass is 35.5. The van der Waals surface area contributed by atoms with Crippen LogP contribution in [0.5, 0.6) is 5.75 Å². The summed E-state index contributed by atoms with van der Waals surface area (Å²) in [4.78, 5) is 6.00. The van der Waals surface area contributed by atoms with Gasteiger partial charge in [0.15, 0.2) is 12.3 Å². The lowest BCUT2D eigenvalue weighted by atomic mass is 9.85. The molecule has 9 nitrogen and oxygen atoms in total. The molecule has 0 radical (unpaired) electrons. The monoisotopic (exact) mass is 532 g/mol. The second kappa shape index (κ2) is 9.96. The lowest BCUT2D eigenvalue weighted by Gasteiger charge is -2.30. The van der Waals surface area contributed by atoms with Gasteiger partial charge in [0.1, 0.15) is 22.8 Å². The Kier molecular flexibility index (Phi) is 6.68. The van der Waals surface area contributed by atoms with E-state index in [1.165, 1.54) is 12.3 Å². The van der Waals surface area contributed by atoms with Gasteiger partial charge in [-0.05, 0) is 51.8 Å². The van der Waals surface area contributed by atoms with Crippen LogP contribution in [0.2, 0.25) is 5.02 Å². The minimum absolute atomic E-state index is 0.157. The highest BCUT2D eigenvalue weighted by Gasteiger charge is 2.34. The summed E-state index contributed by atoms with van der Waals surface area (Å²) < 4.78 is 23.7. The van der Waals surface area contributed by atoms with Crippen molar-refractivity contribution in [2.75, 3.05) is 13.1 Å². The minimum Gasteiger partial charge on any atom is -0.480 e. The van der Waals surface area contributed by atoms with Crippen molar-refractivity contribution in [1.29, 1.82) is 5.26 Å². The third-order valence-corrected chi connectivity index (χ3v) is 7.25. The highest BCUT2D eigenvalue weighted by molar-refractivity contribution is 6.34. The zero-order valence-electron chi connectivity index (χ0n) is 21.3. The fourth-order valence-electron chi connectivity index (χ4n) is 4.75. The second-order valence-corrected chi connectivity index (χ2v) is 10.3. The van der Waals surface area contributed by atoms with Crippen LogP contribution in [0.3, 0.4) is 0 Å². The van der Waals surface area contributed by atoms with Crippen LogP contribution < -0.4 is 4.74 Å². The lowest BCUT2D eigenvalue weighted by molar-refractivity contribution is 0.111. The van der Waals surface area contributed by atoms with E-state index in [1.54, 1.807) is 15.5 Å². The Bertz CT molecular complexity index is 1550. The molecule has 0 spiro atoms. The third-order valence-electron chi connectivity index (χ3n) is 6.98. The number of likely N-dealkylation sites (tertiary alicyclic amines) is 1. The Morgan fingerprint density at radius 3 is 2.68 bits per heavy atom. The van der Waals surface area contributed by atoms with E-state index in [0.717, 1.165) is 30.3 Å². The van der Waals surface area contributed by atoms with E-state index in [-0.39, 0.29) is 6.04 Å². The number of pyridine rings is 2. The van der Waals surface area contributed by atoms with E-state index in [0.29, 0.717) is 40.8 Å². The molecular formula is C27H26ClFN8O. The van der Waals surface area contributed by atoms with Gasteiger partial charge in [-0.2, -0.15) is 10.4 Å². The molecule has 1 aliphatic heterocycles. The van der Waals surface area contributed by atoms with Crippen LogP contribution in [0, 0.1) is 42.0 Å². The number of ether oxygens (including phenoxy) is 1. The van der Waals surface area contributed by atoms with Crippen molar-refractivity contribution < 1.29 is 9.13 Å². The third kappa shape index (κ3) is 4.64. The maximum absolute atomic E-state index is 13.6. The summed E-state index contributed by atoms with van der Waals surface area (Å²) in [5.41, 5.74) is 2.56. The number of nitrogens with zero attached hydrogens (tertiary/aromatic N) is 8. The summed E-state index contributed by atoms with van der Waals surface area (Å²) in [7, 11) is 0. The van der Waals surface area contributed by atoms with Crippen LogP contribution >= 0.6 is 11.6 Å². The van der Waals surface area contributed by atoms with E-state index >= 15 is 0 Å². The number of halogens is 2. The number of aromatic nitrogens is 6. The van der Waals surface area contributed by atoms with E-state index < -0.39 is 17.3 Å². The molecule has 4 aromatic heterocycles. The summed E-state index contributed by atoms with van der Waals surface area (Å²) >= 11 is 6.51. The van der Waals surface area contributed by atoms with Crippen LogP contribution in [0.1, 0.15) is 50.2 Å². The van der Waals surface area contributed by atoms with E-state index in [1.807, 2.05) is 37.7 Å². The van der Waals surface area contributed by atoms with Gasteiger partial charge in [-0.25, -0.2) is 13.6 Å². The van der Waals surface area contributed by atoms with Gasteiger partial charge in [-0.15, -0.1) is 11.5 Å². The zero-order chi connectivity index (χ0) is 27.0. The van der Waals surface area contributed by atoms with Gasteiger partial charge < -0.3 is 9.64 Å². The van der Waals surface area contributed by atoms with Crippen LogP contribution in [-0.2, 0) is 0 Å². The minimum atomic E-state index is -0.790. The molecule has 0 amide bonds. The van der Waals surface area contributed by atoms with Crippen LogP contribution in [0.4, 0.5) is 4.39 Å². The smallest absolute Gasteiger partial charge is 0.179 e. The Morgan fingerprint density at radius 1 is 1.26 bits per heavy atom. The van der Waals surface area contributed by atoms with Gasteiger partial charge in [0.25, 0.3) is 0 Å². The van der Waals surface area contributed by atoms with Crippen LogP contribution in [0.15, 0.2) is 36.8 Å². The van der Waals surface area contributed by atoms with Gasteiger partial charge >= 0.3 is 0 Å². The van der Waals surface area contributed by atoms with Crippen molar-refractivity contribution in [3.8, 4) is 35.5 Å². The molecule has 5 rings (SSSR count). The van der Waals surface area contributed by atoms with Crippen molar-refractivity contribution in [3.63, 3.8) is 0 Å². The number of terminal acetylenes is 1. The summed E-state index contributed by atoms with van der Waals surface area (Å²) in [6, 6.07) is 4.88. The average molecular weight is 533 g/mol. The standard InChI is InChI=1S/C27H26ClFN8O/c1-5-27(3,4)26(22-7-6-19(29)13-31-22)38-23-12-18(15-36-25(23)21(28)14-32-36)24-17(2)37(34-33-24)20-8-10-35(16-30)11-9-20/h1,6-7,12-15,20,26H,8-11H2,2-4H3. The summed E-state index contributed by atoms with van der Waals surface area (Å²) in [6.07, 6.45) is 13.5. The van der Waals surface area contributed by atoms with Crippen molar-refractivity contribution in [2.24, 2.45) is 5.41 Å². The molecule has 0 N–H and O–H groups in total. The Hall–Kier alpha value is -4.15. The van der Waals surface area contributed by atoms with Crippen molar-refractivity contribution in [3.05, 3.63) is 59.0 Å². The predicted octanol–water partition coefficient (Wildman–Crippen LogP) is 4.99. The topological polar surface area (TPSA) is 97.2 Å². The molecule has 38 heavy (non-hydrogen) atoms. The number of hydrogen-bond donors (Lipinski definition) is 0. The Morgan fingerprint density at radius 2 is 2.03 bits per heavy atom. The highest BCUT2D eigenvalue weighted by Crippen LogP contribution is 2.40. The van der Waals surface area contributed by atoms with Crippen molar-refractivity contribution in [2.45, 2.75) is 45.8 Å². The number of nitriles is 1. The molecule has 0 bridgehead atoms. The first kappa shape index (κ1) is 25.5. The van der Waals surface area contributed by atoms with E-state index in [9.17, 15) is 4.39 Å². The molecule has 1 unspecified atom stereocenters. The molecule has 4 aromatic rings. The first-order chi connectivity index (χ1) is 18.2. The molecule has 194 valence electrons. The molecule has 11 heteroatoms. The fourth-order valence-corrected chi connectivity index (χ4v) is 4.98. The fraction of sp³-hybridized carbons (Fsp3) is 0.370. The molecule has 1 saturated heterocycles. The average Bonchev–Trinajstić information content (AvgIpc) is 3.50. The molecule has 5 heterocycles. The van der Waals surface area contributed by atoms with Gasteiger partial charge in [-0.1, -0.05) is 22.7 Å². The maximum Gasteiger partial charge on any atom is 0.179 e. The Labute approximate surface area is 224 Å². The first-order valence-corrected chi connectivity index (χ1v) is 12.6. The van der Waals surface area contributed by atoms with Gasteiger partial charge in [-0.3, -0.25) is 4.98 Å². The molecule has 1 fully saturated rings. The molecule has 1 atom stereocenters. The first-order valence-electron chi connectivity index (χ1n) is 12.2. The normalized spacial score (nSPS) is 15.3. The quantitative estimate of drug-likeness (QED) is 0.255.